The van der Waals surface area contributed by atoms with Gasteiger partial charge in [0.1, 0.15) is 0 Å². The number of hydrogen-bond acceptors (Lipinski definition) is 4. The predicted molar refractivity (Wildman–Crippen MR) is 115 cm³/mol. The maximum absolute atomic E-state index is 13.1. The average Bonchev–Trinajstić information content (AvgIpc) is 3.42. The monoisotopic (exact) mass is 413 g/mol. The van der Waals surface area contributed by atoms with Crippen molar-refractivity contribution >= 4 is 11.8 Å². The Morgan fingerprint density at radius 1 is 1.17 bits per heavy atom. The summed E-state index contributed by atoms with van der Waals surface area (Å²) in [5.41, 5.74) is 1.04. The van der Waals surface area contributed by atoms with Crippen LogP contribution in [0.25, 0.3) is 0 Å². The van der Waals surface area contributed by atoms with Gasteiger partial charge >= 0.3 is 0 Å². The molecular formula is C24H35N3O3. The third-order valence-electron chi connectivity index (χ3n) is 7.51. The van der Waals surface area contributed by atoms with Gasteiger partial charge in [-0.1, -0.05) is 25.7 Å². The fraction of sp³-hybridized carbons (Fsp3) is 0.708. The van der Waals surface area contributed by atoms with Gasteiger partial charge in [-0.2, -0.15) is 0 Å². The number of aromatic nitrogens is 1. The molecule has 1 aromatic rings. The number of nitrogens with zero attached hydrogens (tertiary/aromatic N) is 2. The Morgan fingerprint density at radius 3 is 2.63 bits per heavy atom. The van der Waals surface area contributed by atoms with Gasteiger partial charge < -0.3 is 15.0 Å². The predicted octanol–water partition coefficient (Wildman–Crippen LogP) is 2.97. The number of pyridine rings is 1. The maximum Gasteiger partial charge on any atom is 0.225 e. The first-order chi connectivity index (χ1) is 14.7. The molecule has 0 radical (unpaired) electrons. The highest BCUT2D eigenvalue weighted by Crippen LogP contribution is 2.44. The summed E-state index contributed by atoms with van der Waals surface area (Å²) < 4.78 is 5.59. The molecule has 4 rings (SSSR count). The normalized spacial score (nSPS) is 23.7. The van der Waals surface area contributed by atoms with E-state index < -0.39 is 0 Å². The molecule has 0 aromatic carbocycles. The third kappa shape index (κ3) is 5.02. The van der Waals surface area contributed by atoms with Crippen molar-refractivity contribution in [2.24, 2.45) is 17.3 Å². The van der Waals surface area contributed by atoms with Gasteiger partial charge in [0.05, 0.1) is 5.92 Å². The van der Waals surface area contributed by atoms with Crippen LogP contribution in [0.3, 0.4) is 0 Å². The van der Waals surface area contributed by atoms with Gasteiger partial charge in [-0.25, -0.2) is 0 Å². The first-order valence-corrected chi connectivity index (χ1v) is 11.7. The van der Waals surface area contributed by atoms with E-state index in [0.717, 1.165) is 31.6 Å². The molecule has 6 nitrogen and oxygen atoms in total. The molecule has 3 fully saturated rings. The first kappa shape index (κ1) is 21.3. The van der Waals surface area contributed by atoms with E-state index in [1.807, 2.05) is 17.0 Å². The SMILES string of the molecule is O=C(NCCc1ccncc1)C1CN(C(=O)CCC2CCCC2)CC12CCOCC2. The molecule has 6 heteroatoms. The second-order valence-corrected chi connectivity index (χ2v) is 9.39. The smallest absolute Gasteiger partial charge is 0.225 e. The van der Waals surface area contributed by atoms with E-state index in [0.29, 0.717) is 39.3 Å². The quantitative estimate of drug-likeness (QED) is 0.746. The minimum atomic E-state index is -0.130. The van der Waals surface area contributed by atoms with Gasteiger partial charge in [0.25, 0.3) is 0 Å². The lowest BCUT2D eigenvalue weighted by Crippen LogP contribution is -2.44. The number of rotatable bonds is 7. The van der Waals surface area contributed by atoms with E-state index in [-0.39, 0.29) is 23.1 Å². The van der Waals surface area contributed by atoms with E-state index in [9.17, 15) is 9.59 Å². The number of carbonyl (C=O) groups is 2. The van der Waals surface area contributed by atoms with E-state index in [1.165, 1.54) is 31.2 Å². The maximum atomic E-state index is 13.1. The lowest BCUT2D eigenvalue weighted by Gasteiger charge is -2.37. The molecule has 1 saturated carbocycles. The number of ether oxygens (including phenoxy) is 1. The van der Waals surface area contributed by atoms with Crippen LogP contribution in [0.15, 0.2) is 24.5 Å². The van der Waals surface area contributed by atoms with Crippen LogP contribution in [0.5, 0.6) is 0 Å². The topological polar surface area (TPSA) is 71.5 Å². The summed E-state index contributed by atoms with van der Waals surface area (Å²) in [6.45, 7) is 3.25. The second kappa shape index (κ2) is 9.90. The average molecular weight is 414 g/mol. The van der Waals surface area contributed by atoms with E-state index in [2.05, 4.69) is 10.3 Å². The van der Waals surface area contributed by atoms with Crippen LogP contribution in [-0.4, -0.2) is 54.5 Å². The summed E-state index contributed by atoms with van der Waals surface area (Å²) in [6.07, 6.45) is 12.9. The molecule has 1 aromatic heterocycles. The number of hydrogen-bond donors (Lipinski definition) is 1. The van der Waals surface area contributed by atoms with Crippen LogP contribution >= 0.6 is 0 Å². The highest BCUT2D eigenvalue weighted by Gasteiger charge is 2.51. The lowest BCUT2D eigenvalue weighted by atomic mass is 9.71. The standard InChI is InChI=1S/C24H35N3O3/c28-22(6-5-19-3-1-2-4-19)27-17-21(24(18-27)10-15-30-16-11-24)23(29)26-14-9-20-7-12-25-13-8-20/h7-8,12-13,19,21H,1-6,9-11,14-18H2,(H,26,29). The summed E-state index contributed by atoms with van der Waals surface area (Å²) >= 11 is 0. The molecule has 164 valence electrons. The number of likely N-dealkylation sites (tertiary alicyclic amines) is 1. The summed E-state index contributed by atoms with van der Waals surface area (Å²) in [5, 5.41) is 3.14. The number of carbonyl (C=O) groups excluding carboxylic acids is 2. The summed E-state index contributed by atoms with van der Waals surface area (Å²) in [7, 11) is 0. The zero-order valence-corrected chi connectivity index (χ0v) is 18.0. The highest BCUT2D eigenvalue weighted by atomic mass is 16.5. The van der Waals surface area contributed by atoms with Crippen molar-refractivity contribution in [3.63, 3.8) is 0 Å². The van der Waals surface area contributed by atoms with Crippen molar-refractivity contribution in [3.05, 3.63) is 30.1 Å². The third-order valence-corrected chi connectivity index (χ3v) is 7.51. The molecule has 2 saturated heterocycles. The van der Waals surface area contributed by atoms with Gasteiger partial charge in [-0.15, -0.1) is 0 Å². The van der Waals surface area contributed by atoms with E-state index in [1.54, 1.807) is 12.4 Å². The van der Waals surface area contributed by atoms with Gasteiger partial charge in [-0.05, 0) is 49.3 Å². The zero-order valence-electron chi connectivity index (χ0n) is 18.0. The van der Waals surface area contributed by atoms with Crippen LogP contribution in [0, 0.1) is 17.3 Å². The van der Waals surface area contributed by atoms with Crippen molar-refractivity contribution < 1.29 is 14.3 Å². The molecule has 0 bridgehead atoms. The minimum absolute atomic E-state index is 0.0945. The number of amides is 2. The summed E-state index contributed by atoms with van der Waals surface area (Å²) in [6, 6.07) is 3.96. The van der Waals surface area contributed by atoms with Crippen molar-refractivity contribution in [3.8, 4) is 0 Å². The van der Waals surface area contributed by atoms with Gasteiger partial charge in [0.15, 0.2) is 0 Å². The highest BCUT2D eigenvalue weighted by molar-refractivity contribution is 5.83. The minimum Gasteiger partial charge on any atom is -0.381 e. The van der Waals surface area contributed by atoms with Crippen molar-refractivity contribution in [2.75, 3.05) is 32.8 Å². The van der Waals surface area contributed by atoms with Gasteiger partial charge in [-0.3, -0.25) is 14.6 Å². The zero-order chi connectivity index (χ0) is 20.8. The Balaban J connectivity index is 1.34. The van der Waals surface area contributed by atoms with Crippen LogP contribution < -0.4 is 5.32 Å². The largest absolute Gasteiger partial charge is 0.381 e. The van der Waals surface area contributed by atoms with Crippen LogP contribution in [0.4, 0.5) is 0 Å². The second-order valence-electron chi connectivity index (χ2n) is 9.39. The molecule has 3 heterocycles. The molecule has 1 atom stereocenters. The molecule has 1 spiro atoms. The van der Waals surface area contributed by atoms with Crippen LogP contribution in [-0.2, 0) is 20.7 Å². The molecule has 1 aliphatic carbocycles. The Kier molecular flexibility index (Phi) is 7.03. The number of nitrogens with one attached hydrogen (secondary N) is 1. The van der Waals surface area contributed by atoms with Crippen molar-refractivity contribution in [1.82, 2.24) is 15.2 Å². The lowest BCUT2D eigenvalue weighted by molar-refractivity contribution is -0.131. The Labute approximate surface area is 179 Å². The molecule has 1 unspecified atom stereocenters. The first-order valence-electron chi connectivity index (χ1n) is 11.7. The Bertz CT molecular complexity index is 712. The molecule has 2 aliphatic heterocycles. The summed E-state index contributed by atoms with van der Waals surface area (Å²) in [5.74, 6) is 0.923. The Hall–Kier alpha value is -1.95. The van der Waals surface area contributed by atoms with Crippen molar-refractivity contribution in [2.45, 2.75) is 57.8 Å². The van der Waals surface area contributed by atoms with Crippen LogP contribution in [0.1, 0.15) is 56.9 Å². The molecular weight excluding hydrogens is 378 g/mol. The molecule has 2 amide bonds. The molecule has 1 N–H and O–H groups in total. The molecule has 3 aliphatic rings. The summed E-state index contributed by atoms with van der Waals surface area (Å²) in [4.78, 5) is 32.1. The van der Waals surface area contributed by atoms with Gasteiger partial charge in [0.2, 0.25) is 11.8 Å². The van der Waals surface area contributed by atoms with Gasteiger partial charge in [0, 0.05) is 57.1 Å². The van der Waals surface area contributed by atoms with E-state index >= 15 is 0 Å². The van der Waals surface area contributed by atoms with Crippen molar-refractivity contribution in [1.29, 1.82) is 0 Å². The fourth-order valence-corrected chi connectivity index (χ4v) is 5.59. The molecule has 30 heavy (non-hydrogen) atoms. The fourth-order valence-electron chi connectivity index (χ4n) is 5.59. The van der Waals surface area contributed by atoms with Crippen LogP contribution in [0.2, 0.25) is 0 Å². The van der Waals surface area contributed by atoms with E-state index in [4.69, 9.17) is 4.74 Å². The Morgan fingerprint density at radius 2 is 1.90 bits per heavy atom.